The molecule has 0 saturated carbocycles. The maximum Gasteiger partial charge on any atom is 0.490 e. The Morgan fingerprint density at radius 2 is 1.08 bits per heavy atom. The van der Waals surface area contributed by atoms with E-state index >= 15 is 0 Å². The Kier molecular flexibility index (Phi) is 10.3. The van der Waals surface area contributed by atoms with Crippen molar-refractivity contribution in [2.45, 2.75) is 49.1 Å². The molecular weight excluding hydrogens is 785 g/mol. The van der Waals surface area contributed by atoms with Crippen LogP contribution in [0.15, 0.2) is 22.2 Å². The van der Waals surface area contributed by atoms with Gasteiger partial charge in [0.15, 0.2) is 12.7 Å². The Balaban J connectivity index is 1.05. The number of nitrogens with two attached hydrogens (primary N) is 2. The van der Waals surface area contributed by atoms with Gasteiger partial charge in [-0.15, -0.1) is 0 Å². The molecule has 0 amide bonds. The first-order valence-electron chi connectivity index (χ1n) is 14.8. The highest BCUT2D eigenvalue weighted by Crippen LogP contribution is 2.67. The molecule has 31 heteroatoms. The van der Waals surface area contributed by atoms with Gasteiger partial charge in [-0.1, -0.05) is 9.97 Å². The van der Waals surface area contributed by atoms with E-state index in [1.807, 2.05) is 0 Å². The number of aliphatic hydroxyl groups is 4. The fourth-order valence-corrected chi connectivity index (χ4v) is 9.28. The summed E-state index contributed by atoms with van der Waals surface area (Å²) in [5.74, 6) is -0.558. The Hall–Kier alpha value is -3.53. The molecular formula is C22H33N10O18P3+2. The molecule has 0 bridgehead atoms. The lowest BCUT2D eigenvalue weighted by molar-refractivity contribution is -0.746. The van der Waals surface area contributed by atoms with E-state index < -0.39 is 96.9 Å². The molecule has 4 aromatic heterocycles. The molecule has 2 aliphatic heterocycles. The SMILES string of the molecule is Cn1c[n+](C2O[C@H](COP(=O)(O)OP(=O)(O)OP(=O)(O)OC[C@H]3OC([n+]4cn(C)c5c(=O)[nH]c(N)nc54)[C@H](O)[C@@H]3O)[C@@H](O)[C@H]2O)c2nc(N)[nH]c(=O)c21. The number of aryl methyl sites for hydroxylation is 2. The van der Waals surface area contributed by atoms with Crippen LogP contribution in [0.3, 0.4) is 0 Å². The normalized spacial score (nSPS) is 29.8. The lowest BCUT2D eigenvalue weighted by Crippen LogP contribution is -2.46. The number of nitrogens with zero attached hydrogens (tertiary/aromatic N) is 6. The molecule has 292 valence electrons. The predicted molar refractivity (Wildman–Crippen MR) is 167 cm³/mol. The first-order valence-corrected chi connectivity index (χ1v) is 19.3. The minimum atomic E-state index is -6.00. The molecule has 2 aliphatic rings. The van der Waals surface area contributed by atoms with Gasteiger partial charge in [-0.05, 0) is 0 Å². The van der Waals surface area contributed by atoms with E-state index in [1.54, 1.807) is 0 Å². The van der Waals surface area contributed by atoms with Crippen molar-refractivity contribution in [3.05, 3.63) is 33.4 Å². The lowest BCUT2D eigenvalue weighted by Gasteiger charge is -2.21. The zero-order valence-electron chi connectivity index (χ0n) is 27.0. The van der Waals surface area contributed by atoms with Gasteiger partial charge in [-0.2, -0.15) is 8.62 Å². The van der Waals surface area contributed by atoms with Crippen molar-refractivity contribution in [3.63, 3.8) is 0 Å². The van der Waals surface area contributed by atoms with Gasteiger partial charge in [0.05, 0.1) is 27.3 Å². The number of rotatable bonds is 12. The Labute approximate surface area is 293 Å². The van der Waals surface area contributed by atoms with E-state index in [0.717, 1.165) is 9.13 Å². The predicted octanol–water partition coefficient (Wildman–Crippen LogP) is -5.12. The maximum atomic E-state index is 12.5. The molecule has 0 spiro atoms. The van der Waals surface area contributed by atoms with E-state index in [1.165, 1.54) is 35.9 Å². The van der Waals surface area contributed by atoms with E-state index in [9.17, 15) is 58.4 Å². The zero-order valence-corrected chi connectivity index (χ0v) is 29.7. The minimum Gasteiger partial charge on any atom is -0.387 e. The average Bonchev–Trinajstić information content (AvgIpc) is 3.71. The number of hydrogen-bond donors (Lipinski definition) is 11. The molecule has 10 atom stereocenters. The van der Waals surface area contributed by atoms with Gasteiger partial charge in [0, 0.05) is 0 Å². The van der Waals surface area contributed by atoms with E-state index in [4.69, 9.17) is 20.9 Å². The number of nitrogens with one attached hydrogen (secondary N) is 2. The second kappa shape index (κ2) is 14.0. The highest BCUT2D eigenvalue weighted by molar-refractivity contribution is 7.66. The van der Waals surface area contributed by atoms with Gasteiger partial charge >= 0.3 is 34.8 Å². The fraction of sp³-hybridized carbons (Fsp3) is 0.545. The second-order valence-electron chi connectivity index (χ2n) is 11.8. The molecule has 4 unspecified atom stereocenters. The second-order valence-corrected chi connectivity index (χ2v) is 16.4. The van der Waals surface area contributed by atoms with E-state index in [-0.39, 0.29) is 34.2 Å². The number of imidazole rings is 2. The number of aliphatic hydroxyl groups excluding tert-OH is 4. The van der Waals surface area contributed by atoms with Crippen LogP contribution in [-0.2, 0) is 54.9 Å². The van der Waals surface area contributed by atoms with Gasteiger partial charge < -0.3 is 56.0 Å². The standard InChI is InChI=1S/C22H31N10O18P3/c1-29-5-31(15-9(29)17(37)27-21(23)25-15)19-13(35)11(33)7(47-19)3-45-51(39,40)49-53(43,44)50-52(41,42)46-4-8-12(34)14(36)20(48-8)32-6-30(2)10-16(32)26-22(24)28-18(10)38/h5-8,11-14,19-20,33-36H,3-4H2,1-2H3,(H7-2,23,24,25,26,27,28,37,38,39,40,41,42,43,44)/p+2/t7-,8-,11-,12-,13-,14-,19?,20?/m1/s1. The quantitative estimate of drug-likeness (QED) is 0.0470. The van der Waals surface area contributed by atoms with Gasteiger partial charge in [0.25, 0.3) is 23.0 Å². The Morgan fingerprint density at radius 3 is 1.43 bits per heavy atom. The van der Waals surface area contributed by atoms with Crippen LogP contribution in [-0.4, -0.2) is 114 Å². The highest BCUT2D eigenvalue weighted by Gasteiger charge is 2.51. The third-order valence-electron chi connectivity index (χ3n) is 8.02. The van der Waals surface area contributed by atoms with Crippen molar-refractivity contribution in [1.29, 1.82) is 0 Å². The van der Waals surface area contributed by atoms with Crippen molar-refractivity contribution in [2.75, 3.05) is 24.7 Å². The number of phosphoric ester groups is 2. The minimum absolute atomic E-state index is 0.0114. The summed E-state index contributed by atoms with van der Waals surface area (Å²) in [4.78, 5) is 67.3. The monoisotopic (exact) mass is 818 g/mol. The molecule has 0 radical (unpaired) electrons. The molecule has 2 saturated heterocycles. The number of H-pyrrole nitrogens is 2. The van der Waals surface area contributed by atoms with Crippen LogP contribution in [0.5, 0.6) is 0 Å². The van der Waals surface area contributed by atoms with Crippen molar-refractivity contribution in [2.24, 2.45) is 14.1 Å². The molecule has 2 fully saturated rings. The summed E-state index contributed by atoms with van der Waals surface area (Å²) in [6.07, 6.45) is -10.7. The number of anilines is 2. The van der Waals surface area contributed by atoms with Crippen LogP contribution in [0.1, 0.15) is 12.5 Å². The lowest BCUT2D eigenvalue weighted by atomic mass is 10.1. The zero-order chi connectivity index (χ0) is 38.9. The van der Waals surface area contributed by atoms with Gasteiger partial charge in [0.2, 0.25) is 23.5 Å². The molecule has 13 N–H and O–H groups in total. The number of phosphoric acid groups is 3. The summed E-state index contributed by atoms with van der Waals surface area (Å²) in [6.45, 7) is -2.16. The van der Waals surface area contributed by atoms with Gasteiger partial charge in [-0.25, -0.2) is 22.8 Å². The summed E-state index contributed by atoms with van der Waals surface area (Å²) >= 11 is 0. The van der Waals surface area contributed by atoms with Crippen molar-refractivity contribution in [1.82, 2.24) is 29.1 Å². The summed E-state index contributed by atoms with van der Waals surface area (Å²) in [6, 6.07) is 0. The maximum absolute atomic E-state index is 12.5. The summed E-state index contributed by atoms with van der Waals surface area (Å²) in [5.41, 5.74) is 9.85. The third-order valence-corrected chi connectivity index (χ3v) is 12.3. The molecule has 28 nitrogen and oxygen atoms in total. The molecule has 6 rings (SSSR count). The fourth-order valence-electron chi connectivity index (χ4n) is 5.76. The summed E-state index contributed by atoms with van der Waals surface area (Å²) in [7, 11) is -14.4. The first kappa shape index (κ1) is 39.2. The van der Waals surface area contributed by atoms with Crippen LogP contribution in [0.4, 0.5) is 11.9 Å². The van der Waals surface area contributed by atoms with E-state index in [2.05, 4.69) is 37.6 Å². The number of nitrogen functional groups attached to an aromatic ring is 2. The Bertz CT molecular complexity index is 2170. The number of fused-ring (bicyclic) bond motifs is 2. The van der Waals surface area contributed by atoms with E-state index in [0.29, 0.717) is 0 Å². The van der Waals surface area contributed by atoms with Crippen LogP contribution < -0.4 is 31.7 Å². The molecule has 4 aromatic rings. The van der Waals surface area contributed by atoms with Crippen molar-refractivity contribution >= 4 is 57.7 Å². The highest BCUT2D eigenvalue weighted by atomic mass is 31.3. The third kappa shape index (κ3) is 7.72. The van der Waals surface area contributed by atoms with Gasteiger partial charge in [0.1, 0.15) is 36.6 Å². The molecule has 0 aliphatic carbocycles. The molecule has 0 aromatic carbocycles. The molecule has 6 heterocycles. The summed E-state index contributed by atoms with van der Waals surface area (Å²) in [5, 5.41) is 42.3. The smallest absolute Gasteiger partial charge is 0.387 e. The van der Waals surface area contributed by atoms with Crippen molar-refractivity contribution < 1.29 is 85.1 Å². The van der Waals surface area contributed by atoms with Crippen LogP contribution >= 0.6 is 23.5 Å². The largest absolute Gasteiger partial charge is 0.490 e. The number of hydrogen-bond acceptors (Lipinski definition) is 19. The topological polar surface area (TPSA) is 409 Å². The van der Waals surface area contributed by atoms with Crippen LogP contribution in [0.25, 0.3) is 22.3 Å². The van der Waals surface area contributed by atoms with Crippen LogP contribution in [0.2, 0.25) is 0 Å². The molecule has 53 heavy (non-hydrogen) atoms. The van der Waals surface area contributed by atoms with Gasteiger partial charge in [-0.3, -0.25) is 37.7 Å². The number of ether oxygens (including phenoxy) is 2. The number of aromatic nitrogens is 8. The Morgan fingerprint density at radius 1 is 0.717 bits per heavy atom. The summed E-state index contributed by atoms with van der Waals surface area (Å²) < 4.78 is 70.8. The average molecular weight is 818 g/mol. The van der Waals surface area contributed by atoms with Crippen LogP contribution in [0, 0.1) is 0 Å². The number of aromatic amines is 2. The van der Waals surface area contributed by atoms with Crippen molar-refractivity contribution in [3.8, 4) is 0 Å². The first-order chi connectivity index (χ1) is 24.6.